The Balaban J connectivity index is 2.79. The molecular weight excluding hydrogens is 507 g/mol. The standard InChI is InChI=1S/C18H13F13N2O/c1-7-9-5-4-8(33(2)3)6-10(9)32-12(34)11(7)13(19,20)14(21,22)15(23,24)16(25,26)17(27,28)18(29,30)31/h4-6H,1-3H3,(H,32,34). The van der Waals surface area contributed by atoms with Crippen LogP contribution in [0.5, 0.6) is 0 Å². The molecule has 0 aliphatic rings. The molecule has 1 aromatic heterocycles. The van der Waals surface area contributed by atoms with Gasteiger partial charge in [0.2, 0.25) is 0 Å². The molecule has 0 aliphatic carbocycles. The summed E-state index contributed by atoms with van der Waals surface area (Å²) < 4.78 is 175. The molecule has 0 fully saturated rings. The lowest BCUT2D eigenvalue weighted by Gasteiger charge is -2.39. The molecule has 0 saturated heterocycles. The summed E-state index contributed by atoms with van der Waals surface area (Å²) in [4.78, 5) is 15.2. The normalized spacial score (nSPS) is 14.6. The topological polar surface area (TPSA) is 36.1 Å². The molecule has 1 heterocycles. The van der Waals surface area contributed by atoms with E-state index in [9.17, 15) is 61.9 Å². The van der Waals surface area contributed by atoms with E-state index in [1.165, 1.54) is 25.1 Å². The van der Waals surface area contributed by atoms with Crippen LogP contribution in [-0.4, -0.2) is 48.9 Å². The quantitative estimate of drug-likeness (QED) is 0.468. The number of aryl methyl sites for hydroxylation is 1. The van der Waals surface area contributed by atoms with E-state index in [4.69, 9.17) is 0 Å². The number of benzene rings is 1. The van der Waals surface area contributed by atoms with Crippen molar-refractivity contribution in [3.8, 4) is 0 Å². The van der Waals surface area contributed by atoms with Gasteiger partial charge in [-0.1, -0.05) is 6.07 Å². The molecule has 16 heteroatoms. The van der Waals surface area contributed by atoms with Crippen molar-refractivity contribution < 1.29 is 57.1 Å². The number of halogens is 13. The molecule has 0 aliphatic heterocycles. The minimum Gasteiger partial charge on any atom is -0.378 e. The van der Waals surface area contributed by atoms with Crippen LogP contribution in [0.2, 0.25) is 0 Å². The van der Waals surface area contributed by atoms with E-state index in [1.54, 1.807) is 4.98 Å². The zero-order valence-corrected chi connectivity index (χ0v) is 17.0. The van der Waals surface area contributed by atoms with Gasteiger partial charge >= 0.3 is 35.8 Å². The Labute approximate surface area is 181 Å². The second-order valence-corrected chi connectivity index (χ2v) is 7.45. The third kappa shape index (κ3) is 3.56. The number of hydrogen-bond acceptors (Lipinski definition) is 2. The van der Waals surface area contributed by atoms with Crippen LogP contribution in [0.1, 0.15) is 11.1 Å². The molecule has 0 unspecified atom stereocenters. The summed E-state index contributed by atoms with van der Waals surface area (Å²) in [5.41, 5.74) is -5.78. The highest BCUT2D eigenvalue weighted by Crippen LogP contribution is 2.62. The van der Waals surface area contributed by atoms with Crippen LogP contribution >= 0.6 is 0 Å². The molecule has 3 nitrogen and oxygen atoms in total. The van der Waals surface area contributed by atoms with Gasteiger partial charge in [0.1, 0.15) is 0 Å². The highest BCUT2D eigenvalue weighted by Gasteiger charge is 2.91. The summed E-state index contributed by atoms with van der Waals surface area (Å²) in [6.07, 6.45) is -7.51. The van der Waals surface area contributed by atoms with Crippen molar-refractivity contribution in [3.63, 3.8) is 0 Å². The summed E-state index contributed by atoms with van der Waals surface area (Å²) in [5.74, 6) is -38.1. The average Bonchev–Trinajstić information content (AvgIpc) is 2.65. The predicted molar refractivity (Wildman–Crippen MR) is 93.4 cm³/mol. The van der Waals surface area contributed by atoms with Crippen molar-refractivity contribution >= 4 is 16.6 Å². The van der Waals surface area contributed by atoms with Crippen LogP contribution < -0.4 is 10.5 Å². The van der Waals surface area contributed by atoms with E-state index in [1.807, 2.05) is 0 Å². The van der Waals surface area contributed by atoms with Gasteiger partial charge in [-0.25, -0.2) is 0 Å². The highest BCUT2D eigenvalue weighted by atomic mass is 19.4. The van der Waals surface area contributed by atoms with Crippen molar-refractivity contribution in [1.82, 2.24) is 4.98 Å². The van der Waals surface area contributed by atoms with Gasteiger partial charge in [-0.05, 0) is 24.6 Å². The van der Waals surface area contributed by atoms with Gasteiger partial charge in [0.15, 0.2) is 0 Å². The Morgan fingerprint density at radius 3 is 1.65 bits per heavy atom. The summed E-state index contributed by atoms with van der Waals surface area (Å²) >= 11 is 0. The number of hydrogen-bond donors (Lipinski definition) is 1. The number of alkyl halides is 13. The van der Waals surface area contributed by atoms with Crippen LogP contribution in [-0.2, 0) is 5.92 Å². The number of nitrogens with one attached hydrogen (secondary N) is 1. The van der Waals surface area contributed by atoms with E-state index < -0.39 is 57.9 Å². The van der Waals surface area contributed by atoms with Crippen molar-refractivity contribution in [2.75, 3.05) is 19.0 Å². The fraction of sp³-hybridized carbons (Fsp3) is 0.500. The molecule has 1 aromatic carbocycles. The molecule has 0 spiro atoms. The Morgan fingerprint density at radius 2 is 1.21 bits per heavy atom. The van der Waals surface area contributed by atoms with E-state index >= 15 is 0 Å². The monoisotopic (exact) mass is 520 g/mol. The molecule has 0 saturated carbocycles. The van der Waals surface area contributed by atoms with Gasteiger partial charge in [-0.2, -0.15) is 57.1 Å². The molecule has 192 valence electrons. The predicted octanol–water partition coefficient (Wildman–Crippen LogP) is 6.10. The van der Waals surface area contributed by atoms with Crippen LogP contribution in [0.25, 0.3) is 10.9 Å². The van der Waals surface area contributed by atoms with E-state index in [-0.39, 0.29) is 5.52 Å². The minimum atomic E-state index is -8.04. The Morgan fingerprint density at radius 1 is 0.735 bits per heavy atom. The fourth-order valence-corrected chi connectivity index (χ4v) is 3.04. The lowest BCUT2D eigenvalue weighted by atomic mass is 9.88. The van der Waals surface area contributed by atoms with Crippen molar-refractivity contribution in [2.24, 2.45) is 0 Å². The first-order valence-electron chi connectivity index (χ1n) is 8.77. The number of pyridine rings is 1. The number of fused-ring (bicyclic) bond motifs is 1. The van der Waals surface area contributed by atoms with Crippen molar-refractivity contribution in [1.29, 1.82) is 0 Å². The molecule has 2 rings (SSSR count). The summed E-state index contributed by atoms with van der Waals surface area (Å²) in [7, 11) is 3.02. The maximum absolute atomic E-state index is 14.6. The first-order chi connectivity index (χ1) is 15.0. The SMILES string of the molecule is Cc1c(C(F)(F)C(F)(F)C(F)(F)C(F)(F)C(F)(F)C(F)(F)F)c(=O)[nH]c2cc(N(C)C)ccc12. The van der Waals surface area contributed by atoms with Crippen molar-refractivity contribution in [3.05, 3.63) is 39.7 Å². The lowest BCUT2D eigenvalue weighted by molar-refractivity contribution is -0.441. The zero-order valence-electron chi connectivity index (χ0n) is 17.0. The van der Waals surface area contributed by atoms with Crippen LogP contribution in [0, 0.1) is 6.92 Å². The number of aromatic amines is 1. The molecular formula is C18H13F13N2O. The summed E-state index contributed by atoms with van der Waals surface area (Å²) in [6.45, 7) is 0.548. The molecule has 0 bridgehead atoms. The van der Waals surface area contributed by atoms with E-state index in [0.717, 1.165) is 12.1 Å². The number of H-pyrrole nitrogens is 1. The molecule has 1 N–H and O–H groups in total. The van der Waals surface area contributed by atoms with Gasteiger partial charge in [-0.15, -0.1) is 0 Å². The van der Waals surface area contributed by atoms with Gasteiger partial charge in [0.25, 0.3) is 5.56 Å². The minimum absolute atomic E-state index is 0.280. The van der Waals surface area contributed by atoms with E-state index in [0.29, 0.717) is 12.6 Å². The largest absolute Gasteiger partial charge is 0.460 e. The third-order valence-electron chi connectivity index (χ3n) is 5.02. The Hall–Kier alpha value is -2.68. The second kappa shape index (κ2) is 7.66. The summed E-state index contributed by atoms with van der Waals surface area (Å²) in [5, 5.41) is -0.452. The van der Waals surface area contributed by atoms with E-state index in [2.05, 4.69) is 0 Å². The summed E-state index contributed by atoms with van der Waals surface area (Å²) in [6, 6.07) is 3.33. The van der Waals surface area contributed by atoms with Crippen LogP contribution in [0.3, 0.4) is 0 Å². The van der Waals surface area contributed by atoms with Gasteiger partial charge in [0, 0.05) is 25.2 Å². The third-order valence-corrected chi connectivity index (χ3v) is 5.02. The van der Waals surface area contributed by atoms with Crippen molar-refractivity contribution in [2.45, 2.75) is 42.7 Å². The Kier molecular flexibility index (Phi) is 6.21. The number of anilines is 1. The first-order valence-corrected chi connectivity index (χ1v) is 8.77. The first kappa shape index (κ1) is 27.6. The number of nitrogens with zero attached hydrogens (tertiary/aromatic N) is 1. The second-order valence-electron chi connectivity index (χ2n) is 7.45. The fourth-order valence-electron chi connectivity index (χ4n) is 3.04. The van der Waals surface area contributed by atoms with Gasteiger partial charge in [0.05, 0.1) is 11.1 Å². The molecule has 0 amide bonds. The zero-order chi connectivity index (χ0) is 26.9. The number of rotatable bonds is 6. The molecule has 34 heavy (non-hydrogen) atoms. The molecule has 0 radical (unpaired) electrons. The average molecular weight is 520 g/mol. The van der Waals surface area contributed by atoms with Gasteiger partial charge < -0.3 is 9.88 Å². The number of aromatic nitrogens is 1. The van der Waals surface area contributed by atoms with Crippen LogP contribution in [0.15, 0.2) is 23.0 Å². The molecule has 2 aromatic rings. The maximum Gasteiger partial charge on any atom is 0.460 e. The maximum atomic E-state index is 14.6. The van der Waals surface area contributed by atoms with Gasteiger partial charge in [-0.3, -0.25) is 4.79 Å². The van der Waals surface area contributed by atoms with Crippen LogP contribution in [0.4, 0.5) is 62.8 Å². The molecule has 0 atom stereocenters. The lowest BCUT2D eigenvalue weighted by Crippen LogP contribution is -2.69. The highest BCUT2D eigenvalue weighted by molar-refractivity contribution is 5.86. The smallest absolute Gasteiger partial charge is 0.378 e. The Bertz CT molecular complexity index is 1150.